The smallest absolute Gasteiger partial charge is 0.326 e. The molecule has 13 heteroatoms. The van der Waals surface area contributed by atoms with Crippen LogP contribution in [0.3, 0.4) is 0 Å². The van der Waals surface area contributed by atoms with Crippen molar-refractivity contribution < 1.29 is 33.9 Å². The van der Waals surface area contributed by atoms with Crippen LogP contribution in [0.1, 0.15) is 62.3 Å². The maximum absolute atomic E-state index is 12.7. The normalized spacial score (nSPS) is 16.1. The van der Waals surface area contributed by atoms with Gasteiger partial charge in [-0.25, -0.2) is 4.79 Å². The van der Waals surface area contributed by atoms with Gasteiger partial charge in [-0.2, -0.15) is 0 Å². The second-order valence-corrected chi connectivity index (χ2v) is 10.3. The van der Waals surface area contributed by atoms with Gasteiger partial charge < -0.3 is 37.4 Å². The van der Waals surface area contributed by atoms with E-state index in [9.17, 15) is 33.9 Å². The number of nitrogens with one attached hydrogen (secondary N) is 5. The molecule has 5 amide bonds. The van der Waals surface area contributed by atoms with E-state index in [0.717, 1.165) is 0 Å². The lowest BCUT2D eigenvalue weighted by atomic mass is 10.00. The maximum Gasteiger partial charge on any atom is 0.326 e. The highest BCUT2D eigenvalue weighted by Crippen LogP contribution is 2.07. The first kappa shape index (κ1) is 33.8. The maximum atomic E-state index is 12.7. The van der Waals surface area contributed by atoms with E-state index in [1.165, 1.54) is 20.8 Å². The average Bonchev–Trinajstić information content (AvgIpc) is 2.78. The number of rotatable bonds is 14. The molecular weight excluding hydrogens is 484 g/mol. The molecule has 0 aromatic heterocycles. The van der Waals surface area contributed by atoms with Gasteiger partial charge in [0.25, 0.3) is 0 Å². The van der Waals surface area contributed by atoms with Gasteiger partial charge in [-0.1, -0.05) is 41.5 Å². The summed E-state index contributed by atoms with van der Waals surface area (Å²) in [5.74, 6) is -5.14. The zero-order chi connectivity index (χ0) is 29.2. The lowest BCUT2D eigenvalue weighted by Gasteiger charge is -2.27. The molecular formula is C24H44N6O7. The fourth-order valence-corrected chi connectivity index (χ4v) is 3.06. The van der Waals surface area contributed by atoms with E-state index >= 15 is 0 Å². The monoisotopic (exact) mass is 528 g/mol. The summed E-state index contributed by atoms with van der Waals surface area (Å²) in [4.78, 5) is 73.7. The lowest BCUT2D eigenvalue weighted by Crippen LogP contribution is -2.59. The van der Waals surface area contributed by atoms with Gasteiger partial charge >= 0.3 is 5.97 Å². The summed E-state index contributed by atoms with van der Waals surface area (Å²) >= 11 is 0. The molecule has 212 valence electrons. The SMILES string of the molecule is CC(NC(=O)C(C)NC(=O)C(N)C(C)C)C(=O)NC(C)C(=O)NC(C(=O)NC(C(=O)O)C(C)C)C(C)C. The Labute approximate surface area is 218 Å². The molecule has 37 heavy (non-hydrogen) atoms. The second kappa shape index (κ2) is 15.1. The molecule has 0 aliphatic heterocycles. The predicted octanol–water partition coefficient (Wildman–Crippen LogP) is -1.15. The molecule has 0 radical (unpaired) electrons. The third kappa shape index (κ3) is 11.1. The van der Waals surface area contributed by atoms with E-state index in [-0.39, 0.29) is 17.8 Å². The molecule has 6 unspecified atom stereocenters. The van der Waals surface area contributed by atoms with Crippen molar-refractivity contribution in [3.63, 3.8) is 0 Å². The van der Waals surface area contributed by atoms with E-state index < -0.39 is 71.8 Å². The van der Waals surface area contributed by atoms with Crippen LogP contribution in [-0.2, 0) is 28.8 Å². The van der Waals surface area contributed by atoms with Crippen LogP contribution >= 0.6 is 0 Å². The number of carbonyl (C=O) groups excluding carboxylic acids is 5. The van der Waals surface area contributed by atoms with Crippen LogP contribution in [0.2, 0.25) is 0 Å². The van der Waals surface area contributed by atoms with Crippen LogP contribution in [0.25, 0.3) is 0 Å². The van der Waals surface area contributed by atoms with Gasteiger partial charge in [0.05, 0.1) is 6.04 Å². The second-order valence-electron chi connectivity index (χ2n) is 10.3. The minimum absolute atomic E-state index is 0.122. The molecule has 0 aliphatic rings. The molecule has 0 spiro atoms. The number of carboxylic acids is 1. The quantitative estimate of drug-likeness (QED) is 0.146. The standard InChI is InChI=1S/C24H44N6O7/c1-10(2)16(25)22(34)28-14(8)20(32)26-13(7)19(31)27-15(9)21(33)29-17(11(3)4)23(35)30-18(12(5)6)24(36)37/h10-18H,25H2,1-9H3,(H,26,32)(H,27,31)(H,28,34)(H,29,33)(H,30,35)(H,36,37). The van der Waals surface area contributed by atoms with Gasteiger partial charge in [-0.05, 0) is 38.5 Å². The zero-order valence-corrected chi connectivity index (χ0v) is 23.2. The van der Waals surface area contributed by atoms with Crippen LogP contribution in [0.15, 0.2) is 0 Å². The molecule has 0 saturated heterocycles. The van der Waals surface area contributed by atoms with Crippen molar-refractivity contribution in [1.29, 1.82) is 0 Å². The first-order chi connectivity index (χ1) is 16.9. The summed E-state index contributed by atoms with van der Waals surface area (Å²) < 4.78 is 0. The molecule has 0 bridgehead atoms. The Morgan fingerprint density at radius 3 is 1.14 bits per heavy atom. The summed E-state index contributed by atoms with van der Waals surface area (Å²) in [6, 6.07) is -5.99. The van der Waals surface area contributed by atoms with Gasteiger partial charge in [0.15, 0.2) is 0 Å². The molecule has 0 aliphatic carbocycles. The molecule has 0 saturated carbocycles. The molecule has 13 nitrogen and oxygen atoms in total. The number of amides is 5. The Balaban J connectivity index is 5.03. The highest BCUT2D eigenvalue weighted by atomic mass is 16.4. The largest absolute Gasteiger partial charge is 0.480 e. The van der Waals surface area contributed by atoms with Crippen molar-refractivity contribution in [2.45, 2.75) is 98.6 Å². The van der Waals surface area contributed by atoms with Crippen LogP contribution in [0.4, 0.5) is 0 Å². The van der Waals surface area contributed by atoms with Gasteiger partial charge in [0.1, 0.15) is 30.2 Å². The van der Waals surface area contributed by atoms with E-state index in [4.69, 9.17) is 5.73 Å². The highest BCUT2D eigenvalue weighted by molar-refractivity contribution is 5.96. The number of carbonyl (C=O) groups is 6. The molecule has 6 atom stereocenters. The van der Waals surface area contributed by atoms with Crippen LogP contribution in [0, 0.1) is 17.8 Å². The van der Waals surface area contributed by atoms with Crippen LogP contribution < -0.4 is 32.3 Å². The number of hydrogen-bond donors (Lipinski definition) is 7. The molecule has 0 aromatic rings. The first-order valence-electron chi connectivity index (χ1n) is 12.4. The zero-order valence-electron chi connectivity index (χ0n) is 23.2. The van der Waals surface area contributed by atoms with E-state index in [1.807, 2.05) is 0 Å². The molecule has 8 N–H and O–H groups in total. The van der Waals surface area contributed by atoms with Crippen LogP contribution in [0.5, 0.6) is 0 Å². The van der Waals surface area contributed by atoms with Crippen molar-refractivity contribution >= 4 is 35.5 Å². The van der Waals surface area contributed by atoms with Crippen LogP contribution in [-0.4, -0.2) is 76.9 Å². The Bertz CT molecular complexity index is 845. The van der Waals surface area contributed by atoms with Gasteiger partial charge in [-0.15, -0.1) is 0 Å². The van der Waals surface area contributed by atoms with Crippen molar-refractivity contribution in [1.82, 2.24) is 26.6 Å². The molecule has 0 aromatic carbocycles. The summed E-state index contributed by atoms with van der Waals surface area (Å²) in [7, 11) is 0. The average molecular weight is 529 g/mol. The van der Waals surface area contributed by atoms with E-state index in [2.05, 4.69) is 26.6 Å². The topological polar surface area (TPSA) is 209 Å². The highest BCUT2D eigenvalue weighted by Gasteiger charge is 2.32. The van der Waals surface area contributed by atoms with E-state index in [1.54, 1.807) is 41.5 Å². The molecule has 0 heterocycles. The van der Waals surface area contributed by atoms with Crippen molar-refractivity contribution in [2.24, 2.45) is 23.5 Å². The fraction of sp³-hybridized carbons (Fsp3) is 0.750. The van der Waals surface area contributed by atoms with Crippen molar-refractivity contribution in [3.8, 4) is 0 Å². The molecule has 0 rings (SSSR count). The van der Waals surface area contributed by atoms with Crippen molar-refractivity contribution in [2.75, 3.05) is 0 Å². The van der Waals surface area contributed by atoms with Gasteiger partial charge in [0.2, 0.25) is 29.5 Å². The summed E-state index contributed by atoms with van der Waals surface area (Å²) in [6.45, 7) is 14.5. The Morgan fingerprint density at radius 1 is 0.486 bits per heavy atom. The number of aliphatic carboxylic acids is 1. The third-order valence-electron chi connectivity index (χ3n) is 5.75. The minimum atomic E-state index is -1.19. The number of carboxylic acid groups (broad SMARTS) is 1. The lowest BCUT2D eigenvalue weighted by molar-refractivity contribution is -0.143. The fourth-order valence-electron chi connectivity index (χ4n) is 3.06. The molecule has 0 fully saturated rings. The number of hydrogen-bond acceptors (Lipinski definition) is 7. The summed E-state index contributed by atoms with van der Waals surface area (Å²) in [5.41, 5.74) is 5.77. The van der Waals surface area contributed by atoms with Gasteiger partial charge in [-0.3, -0.25) is 24.0 Å². The minimum Gasteiger partial charge on any atom is -0.480 e. The summed E-state index contributed by atoms with van der Waals surface area (Å²) in [6.07, 6.45) is 0. The Hall–Kier alpha value is -3.22. The third-order valence-corrected chi connectivity index (χ3v) is 5.75. The van der Waals surface area contributed by atoms with Gasteiger partial charge in [0, 0.05) is 0 Å². The van der Waals surface area contributed by atoms with E-state index in [0.29, 0.717) is 0 Å². The first-order valence-corrected chi connectivity index (χ1v) is 12.4. The Morgan fingerprint density at radius 2 is 0.811 bits per heavy atom. The Kier molecular flexibility index (Phi) is 13.8. The predicted molar refractivity (Wildman–Crippen MR) is 137 cm³/mol. The van der Waals surface area contributed by atoms with Crippen molar-refractivity contribution in [3.05, 3.63) is 0 Å². The summed E-state index contributed by atoms with van der Waals surface area (Å²) in [5, 5.41) is 21.7. The number of nitrogens with two attached hydrogens (primary N) is 1.